The maximum Gasteiger partial charge on any atom is 0.331 e. The van der Waals surface area contributed by atoms with Crippen LogP contribution in [0.25, 0.3) is 0 Å². The van der Waals surface area contributed by atoms with Crippen LogP contribution in [0, 0.1) is 0 Å². The third kappa shape index (κ3) is 3.98. The van der Waals surface area contributed by atoms with Crippen LogP contribution < -0.4 is 9.47 Å². The lowest BCUT2D eigenvalue weighted by Crippen LogP contribution is -2.12. The van der Waals surface area contributed by atoms with Gasteiger partial charge in [0.1, 0.15) is 11.5 Å². The van der Waals surface area contributed by atoms with Crippen molar-refractivity contribution in [2.24, 2.45) is 0 Å². The van der Waals surface area contributed by atoms with Gasteiger partial charge in [-0.1, -0.05) is 6.58 Å². The molecule has 1 N–H and O–H groups in total. The second-order valence-corrected chi connectivity index (χ2v) is 3.24. The Hall–Kier alpha value is -2.30. The van der Waals surface area contributed by atoms with Gasteiger partial charge in [0, 0.05) is 5.57 Å². The first kappa shape index (κ1) is 12.8. The number of carboxylic acids is 1. The zero-order valence-corrected chi connectivity index (χ0v) is 9.30. The average Bonchev–Trinajstić information content (AvgIpc) is 2.29. The van der Waals surface area contributed by atoms with Crippen molar-refractivity contribution >= 4 is 11.9 Å². The highest BCUT2D eigenvalue weighted by atomic mass is 16.5. The molecule has 90 valence electrons. The van der Waals surface area contributed by atoms with Gasteiger partial charge in [0.05, 0.1) is 13.5 Å². The number of carbonyl (C=O) groups excluding carboxylic acids is 1. The molecule has 0 bridgehead atoms. The van der Waals surface area contributed by atoms with Crippen LogP contribution in [0.15, 0.2) is 36.4 Å². The second-order valence-electron chi connectivity index (χ2n) is 3.24. The largest absolute Gasteiger partial charge is 0.497 e. The minimum absolute atomic E-state index is 0.205. The predicted octanol–water partition coefficient (Wildman–Crippen LogP) is 1.63. The lowest BCUT2D eigenvalue weighted by atomic mass is 10.2. The Kier molecular flexibility index (Phi) is 4.28. The Morgan fingerprint density at radius 3 is 2.24 bits per heavy atom. The molecule has 0 fully saturated rings. The van der Waals surface area contributed by atoms with Crippen LogP contribution in [0.2, 0.25) is 0 Å². The van der Waals surface area contributed by atoms with E-state index in [0.717, 1.165) is 0 Å². The number of benzene rings is 1. The number of methoxy groups -OCH3 is 1. The van der Waals surface area contributed by atoms with Crippen molar-refractivity contribution in [1.29, 1.82) is 0 Å². The molecule has 1 aromatic rings. The van der Waals surface area contributed by atoms with Crippen LogP contribution in [0.1, 0.15) is 6.42 Å². The Morgan fingerprint density at radius 1 is 1.24 bits per heavy atom. The fourth-order valence-electron chi connectivity index (χ4n) is 1.06. The molecule has 0 aliphatic heterocycles. The minimum atomic E-state index is -1.21. The van der Waals surface area contributed by atoms with Gasteiger partial charge in [-0.3, -0.25) is 4.79 Å². The summed E-state index contributed by atoms with van der Waals surface area (Å²) < 4.78 is 9.85. The van der Waals surface area contributed by atoms with Crippen molar-refractivity contribution in [1.82, 2.24) is 0 Å². The Morgan fingerprint density at radius 2 is 1.76 bits per heavy atom. The van der Waals surface area contributed by atoms with Gasteiger partial charge < -0.3 is 14.6 Å². The molecule has 5 nitrogen and oxygen atoms in total. The summed E-state index contributed by atoms with van der Waals surface area (Å²) in [5.74, 6) is -0.909. The second kappa shape index (κ2) is 5.69. The average molecular weight is 236 g/mol. The topological polar surface area (TPSA) is 72.8 Å². The van der Waals surface area contributed by atoms with Gasteiger partial charge in [0.2, 0.25) is 0 Å². The molecule has 0 heterocycles. The molecule has 5 heteroatoms. The molecule has 0 aliphatic carbocycles. The summed E-state index contributed by atoms with van der Waals surface area (Å²) in [5.41, 5.74) is -0.205. The van der Waals surface area contributed by atoms with E-state index in [2.05, 4.69) is 6.58 Å². The number of hydrogen-bond acceptors (Lipinski definition) is 4. The molecule has 0 radical (unpaired) electrons. The van der Waals surface area contributed by atoms with Crippen LogP contribution in [0.3, 0.4) is 0 Å². The Bertz CT molecular complexity index is 433. The first-order valence-corrected chi connectivity index (χ1v) is 4.78. The van der Waals surface area contributed by atoms with Crippen molar-refractivity contribution in [3.8, 4) is 11.5 Å². The molecule has 1 aromatic carbocycles. The van der Waals surface area contributed by atoms with Crippen LogP contribution in [-0.2, 0) is 9.59 Å². The number of rotatable bonds is 5. The molecule has 0 unspecified atom stereocenters. The molecule has 0 aliphatic rings. The van der Waals surface area contributed by atoms with Gasteiger partial charge in [-0.25, -0.2) is 4.79 Å². The number of aliphatic carboxylic acids is 1. The third-order valence-electron chi connectivity index (χ3n) is 1.95. The highest BCUT2D eigenvalue weighted by Crippen LogP contribution is 2.17. The van der Waals surface area contributed by atoms with E-state index in [-0.39, 0.29) is 12.0 Å². The van der Waals surface area contributed by atoms with Crippen LogP contribution >= 0.6 is 0 Å². The molecule has 0 amide bonds. The van der Waals surface area contributed by atoms with Crippen molar-refractivity contribution in [3.63, 3.8) is 0 Å². The minimum Gasteiger partial charge on any atom is -0.497 e. The van der Waals surface area contributed by atoms with E-state index in [1.54, 1.807) is 24.3 Å². The SMILES string of the molecule is C=C(CC(=O)Oc1ccc(OC)cc1)C(=O)O. The molecular weight excluding hydrogens is 224 g/mol. The summed E-state index contributed by atoms with van der Waals surface area (Å²) in [7, 11) is 1.53. The van der Waals surface area contributed by atoms with Gasteiger partial charge >= 0.3 is 11.9 Å². The summed E-state index contributed by atoms with van der Waals surface area (Å²) in [6.45, 7) is 3.24. The van der Waals surface area contributed by atoms with Gasteiger partial charge in [-0.15, -0.1) is 0 Å². The van der Waals surface area contributed by atoms with Gasteiger partial charge in [0.15, 0.2) is 0 Å². The first-order chi connectivity index (χ1) is 8.02. The summed E-state index contributed by atoms with van der Waals surface area (Å²) in [6.07, 6.45) is -0.346. The predicted molar refractivity (Wildman–Crippen MR) is 60.0 cm³/mol. The monoisotopic (exact) mass is 236 g/mol. The highest BCUT2D eigenvalue weighted by molar-refractivity contribution is 5.92. The first-order valence-electron chi connectivity index (χ1n) is 4.78. The van der Waals surface area contributed by atoms with E-state index in [4.69, 9.17) is 14.6 Å². The maximum absolute atomic E-state index is 11.3. The van der Waals surface area contributed by atoms with Crippen molar-refractivity contribution < 1.29 is 24.2 Å². The summed E-state index contributed by atoms with van der Waals surface area (Å²) in [4.78, 5) is 21.8. The molecule has 0 saturated carbocycles. The van der Waals surface area contributed by atoms with E-state index in [1.807, 2.05) is 0 Å². The molecular formula is C12H12O5. The Balaban J connectivity index is 2.56. The lowest BCUT2D eigenvalue weighted by Gasteiger charge is -2.05. The zero-order chi connectivity index (χ0) is 12.8. The normalized spacial score (nSPS) is 9.47. The van der Waals surface area contributed by atoms with Crippen molar-refractivity contribution in [3.05, 3.63) is 36.4 Å². The summed E-state index contributed by atoms with van der Waals surface area (Å²) >= 11 is 0. The molecule has 0 saturated heterocycles. The summed E-state index contributed by atoms with van der Waals surface area (Å²) in [6, 6.07) is 6.38. The number of ether oxygens (including phenoxy) is 2. The van der Waals surface area contributed by atoms with E-state index >= 15 is 0 Å². The van der Waals surface area contributed by atoms with E-state index in [0.29, 0.717) is 11.5 Å². The number of carbonyl (C=O) groups is 2. The van der Waals surface area contributed by atoms with Crippen LogP contribution in [0.5, 0.6) is 11.5 Å². The molecule has 0 spiro atoms. The quantitative estimate of drug-likeness (QED) is 0.478. The maximum atomic E-state index is 11.3. The fraction of sp³-hybridized carbons (Fsp3) is 0.167. The molecule has 17 heavy (non-hydrogen) atoms. The van der Waals surface area contributed by atoms with Crippen molar-refractivity contribution in [2.45, 2.75) is 6.42 Å². The van der Waals surface area contributed by atoms with E-state index < -0.39 is 11.9 Å². The standard InChI is InChI=1S/C12H12O5/c1-8(12(14)15)7-11(13)17-10-5-3-9(16-2)4-6-10/h3-6H,1,7H2,2H3,(H,14,15). The zero-order valence-electron chi connectivity index (χ0n) is 9.30. The van der Waals surface area contributed by atoms with Gasteiger partial charge in [-0.05, 0) is 24.3 Å². The molecule has 0 atom stereocenters. The third-order valence-corrected chi connectivity index (χ3v) is 1.95. The van der Waals surface area contributed by atoms with Crippen molar-refractivity contribution in [2.75, 3.05) is 7.11 Å². The lowest BCUT2D eigenvalue weighted by molar-refractivity contribution is -0.138. The van der Waals surface area contributed by atoms with Crippen LogP contribution in [-0.4, -0.2) is 24.2 Å². The van der Waals surface area contributed by atoms with E-state index in [1.165, 1.54) is 7.11 Å². The highest BCUT2D eigenvalue weighted by Gasteiger charge is 2.12. The molecule has 0 aromatic heterocycles. The Labute approximate surface area is 98.3 Å². The van der Waals surface area contributed by atoms with Gasteiger partial charge in [-0.2, -0.15) is 0 Å². The molecule has 1 rings (SSSR count). The number of esters is 1. The smallest absolute Gasteiger partial charge is 0.331 e. The summed E-state index contributed by atoms with van der Waals surface area (Å²) in [5, 5.41) is 8.54. The number of carboxylic acid groups (broad SMARTS) is 1. The fourth-order valence-corrected chi connectivity index (χ4v) is 1.06. The number of hydrogen-bond donors (Lipinski definition) is 1. The van der Waals surface area contributed by atoms with Crippen LogP contribution in [0.4, 0.5) is 0 Å². The van der Waals surface area contributed by atoms with E-state index in [9.17, 15) is 9.59 Å². The van der Waals surface area contributed by atoms with Gasteiger partial charge in [0.25, 0.3) is 0 Å².